The highest BCUT2D eigenvalue weighted by molar-refractivity contribution is 7.20. The Bertz CT molecular complexity index is 1720. The standard InChI is InChI=1S/C28H28FN3O10S2/c1-32(8-7-22(36)37)28(38)27-30-14-11-17(16(39-2)12-19(14)43-27)41-9-4-10-42-25-18(40-3)13-20-24(23(25)29)31-26(44-20)15(33)5-6-21(34)35/h11-13H,4-10H2,1-3H3,(H,34,35)(H,36,37). The smallest absolute Gasteiger partial charge is 0.305 e. The van der Waals surface area contributed by atoms with Gasteiger partial charge >= 0.3 is 11.9 Å². The van der Waals surface area contributed by atoms with Crippen LogP contribution >= 0.6 is 22.7 Å². The Morgan fingerprint density at radius 3 is 2.18 bits per heavy atom. The fourth-order valence-corrected chi connectivity index (χ4v) is 5.89. The Morgan fingerprint density at radius 2 is 1.50 bits per heavy atom. The lowest BCUT2D eigenvalue weighted by Gasteiger charge is -2.13. The van der Waals surface area contributed by atoms with E-state index in [1.807, 2.05) is 0 Å². The minimum Gasteiger partial charge on any atom is -0.493 e. The maximum atomic E-state index is 15.3. The summed E-state index contributed by atoms with van der Waals surface area (Å²) < 4.78 is 38.6. The summed E-state index contributed by atoms with van der Waals surface area (Å²) in [5, 5.41) is 17.9. The number of carbonyl (C=O) groups excluding carboxylic acids is 2. The number of fused-ring (bicyclic) bond motifs is 2. The molecule has 44 heavy (non-hydrogen) atoms. The number of carboxylic acids is 2. The first-order chi connectivity index (χ1) is 21.0. The number of hydrogen-bond donors (Lipinski definition) is 2. The third-order valence-electron chi connectivity index (χ3n) is 6.23. The summed E-state index contributed by atoms with van der Waals surface area (Å²) >= 11 is 2.09. The fourth-order valence-electron chi connectivity index (χ4n) is 3.96. The van der Waals surface area contributed by atoms with Crippen molar-refractivity contribution >= 4 is 66.7 Å². The zero-order valence-corrected chi connectivity index (χ0v) is 25.5. The van der Waals surface area contributed by atoms with Crippen LogP contribution in [0.25, 0.3) is 20.4 Å². The van der Waals surface area contributed by atoms with Gasteiger partial charge in [0.15, 0.2) is 44.6 Å². The molecule has 4 aromatic rings. The van der Waals surface area contributed by atoms with E-state index in [-0.39, 0.29) is 66.1 Å². The Morgan fingerprint density at radius 1 is 0.841 bits per heavy atom. The molecule has 0 saturated carbocycles. The third-order valence-corrected chi connectivity index (χ3v) is 8.28. The number of hydrogen-bond acceptors (Lipinski definition) is 12. The Hall–Kier alpha value is -4.57. The van der Waals surface area contributed by atoms with Crippen LogP contribution in [0.3, 0.4) is 0 Å². The zero-order valence-electron chi connectivity index (χ0n) is 23.9. The molecular formula is C28H28FN3O10S2. The highest BCUT2D eigenvalue weighted by Gasteiger charge is 2.23. The van der Waals surface area contributed by atoms with Crippen molar-refractivity contribution in [1.82, 2.24) is 14.9 Å². The SMILES string of the molecule is COc1cc2sc(C(=O)N(C)CCC(=O)O)nc2cc1OCCCOc1c(OC)cc2sc(C(=O)CCC(=O)O)nc2c1F. The number of Topliss-reactive ketones (excluding diaryl/α,β-unsaturated/α-hetero) is 1. The molecule has 2 aromatic carbocycles. The number of benzene rings is 2. The van der Waals surface area contributed by atoms with E-state index in [2.05, 4.69) is 9.97 Å². The number of methoxy groups -OCH3 is 2. The largest absolute Gasteiger partial charge is 0.493 e. The Labute approximate surface area is 257 Å². The molecule has 2 heterocycles. The van der Waals surface area contributed by atoms with Crippen molar-refractivity contribution in [2.24, 2.45) is 0 Å². The second-order valence-corrected chi connectivity index (χ2v) is 11.4. The highest BCUT2D eigenvalue weighted by Crippen LogP contribution is 2.39. The van der Waals surface area contributed by atoms with Crippen LogP contribution in [0.4, 0.5) is 4.39 Å². The molecule has 13 nitrogen and oxygen atoms in total. The number of halogens is 1. The molecule has 2 aromatic heterocycles. The predicted molar refractivity (Wildman–Crippen MR) is 158 cm³/mol. The van der Waals surface area contributed by atoms with Crippen LogP contribution in [-0.2, 0) is 9.59 Å². The molecule has 0 atom stereocenters. The molecule has 16 heteroatoms. The van der Waals surface area contributed by atoms with Crippen molar-refractivity contribution in [2.45, 2.75) is 25.7 Å². The van der Waals surface area contributed by atoms with Gasteiger partial charge in [0.25, 0.3) is 5.91 Å². The van der Waals surface area contributed by atoms with Crippen LogP contribution in [0, 0.1) is 5.82 Å². The van der Waals surface area contributed by atoms with Crippen molar-refractivity contribution in [3.63, 3.8) is 0 Å². The van der Waals surface area contributed by atoms with E-state index in [9.17, 15) is 19.2 Å². The van der Waals surface area contributed by atoms with Crippen LogP contribution in [0.5, 0.6) is 23.0 Å². The molecule has 0 fully saturated rings. The van der Waals surface area contributed by atoms with Crippen LogP contribution in [-0.4, -0.2) is 89.7 Å². The normalized spacial score (nSPS) is 11.0. The summed E-state index contributed by atoms with van der Waals surface area (Å²) in [4.78, 5) is 56.3. The van der Waals surface area contributed by atoms with Crippen LogP contribution in [0.15, 0.2) is 18.2 Å². The number of carboxylic acid groups (broad SMARTS) is 2. The minimum absolute atomic E-state index is 0.000439. The van der Waals surface area contributed by atoms with E-state index < -0.39 is 29.4 Å². The zero-order chi connectivity index (χ0) is 32.0. The number of nitrogens with zero attached hydrogens (tertiary/aromatic N) is 3. The summed E-state index contributed by atoms with van der Waals surface area (Å²) in [6.45, 7) is 0.239. The molecule has 0 unspecified atom stereocenters. The Kier molecular flexibility index (Phi) is 10.5. The van der Waals surface area contributed by atoms with Crippen LogP contribution in [0.2, 0.25) is 0 Å². The molecule has 0 aliphatic heterocycles. The number of ether oxygens (including phenoxy) is 4. The maximum absolute atomic E-state index is 15.3. The average molecular weight is 650 g/mol. The lowest BCUT2D eigenvalue weighted by Crippen LogP contribution is -2.28. The minimum atomic E-state index is -1.12. The first-order valence-corrected chi connectivity index (χ1v) is 14.8. The van der Waals surface area contributed by atoms with Gasteiger partial charge in [0.2, 0.25) is 0 Å². The average Bonchev–Trinajstić information content (AvgIpc) is 3.62. The second kappa shape index (κ2) is 14.3. The van der Waals surface area contributed by atoms with Gasteiger partial charge in [-0.25, -0.2) is 14.4 Å². The number of aliphatic carboxylic acids is 2. The van der Waals surface area contributed by atoms with E-state index in [4.69, 9.17) is 29.2 Å². The fraction of sp³-hybridized carbons (Fsp3) is 0.357. The van der Waals surface area contributed by atoms with Gasteiger partial charge in [-0.1, -0.05) is 0 Å². The van der Waals surface area contributed by atoms with Gasteiger partial charge < -0.3 is 34.1 Å². The number of ketones is 1. The third kappa shape index (κ3) is 7.49. The molecule has 234 valence electrons. The van der Waals surface area contributed by atoms with E-state index in [0.717, 1.165) is 22.7 Å². The summed E-state index contributed by atoms with van der Waals surface area (Å²) in [5.74, 6) is -3.10. The molecule has 4 rings (SSSR count). The molecule has 0 bridgehead atoms. The quantitative estimate of drug-likeness (QED) is 0.129. The number of amides is 1. The van der Waals surface area contributed by atoms with Crippen molar-refractivity contribution in [3.05, 3.63) is 34.0 Å². The number of carbonyl (C=O) groups is 4. The summed E-state index contributed by atoms with van der Waals surface area (Å²) in [5.41, 5.74) is 0.425. The van der Waals surface area contributed by atoms with Gasteiger partial charge in [0, 0.05) is 44.6 Å². The number of aromatic nitrogens is 2. The van der Waals surface area contributed by atoms with Crippen molar-refractivity contribution in [3.8, 4) is 23.0 Å². The first-order valence-electron chi connectivity index (χ1n) is 13.2. The Balaban J connectivity index is 1.40. The lowest BCUT2D eigenvalue weighted by atomic mass is 10.2. The molecule has 1 amide bonds. The van der Waals surface area contributed by atoms with Crippen molar-refractivity contribution < 1.29 is 52.7 Å². The van der Waals surface area contributed by atoms with Crippen LogP contribution < -0.4 is 18.9 Å². The number of rotatable bonds is 16. The van der Waals surface area contributed by atoms with Gasteiger partial charge in [0.05, 0.1) is 55.2 Å². The van der Waals surface area contributed by atoms with Gasteiger partial charge in [0.1, 0.15) is 5.52 Å². The van der Waals surface area contributed by atoms with E-state index >= 15 is 4.39 Å². The van der Waals surface area contributed by atoms with Gasteiger partial charge in [-0.15, -0.1) is 22.7 Å². The summed E-state index contributed by atoms with van der Waals surface area (Å²) in [6.07, 6.45) is -0.454. The molecular weight excluding hydrogens is 621 g/mol. The second-order valence-electron chi connectivity index (χ2n) is 9.32. The van der Waals surface area contributed by atoms with Gasteiger partial charge in [-0.05, 0) is 0 Å². The van der Waals surface area contributed by atoms with Gasteiger partial charge in [-0.3, -0.25) is 19.2 Å². The maximum Gasteiger partial charge on any atom is 0.305 e. The van der Waals surface area contributed by atoms with Crippen molar-refractivity contribution in [1.29, 1.82) is 0 Å². The monoisotopic (exact) mass is 649 g/mol. The van der Waals surface area contributed by atoms with Gasteiger partial charge in [-0.2, -0.15) is 0 Å². The van der Waals surface area contributed by atoms with Crippen molar-refractivity contribution in [2.75, 3.05) is 41.0 Å². The molecule has 0 aliphatic rings. The summed E-state index contributed by atoms with van der Waals surface area (Å²) in [7, 11) is 4.33. The van der Waals surface area contributed by atoms with E-state index in [1.54, 1.807) is 12.1 Å². The highest BCUT2D eigenvalue weighted by atomic mass is 32.1. The van der Waals surface area contributed by atoms with E-state index in [0.29, 0.717) is 32.8 Å². The van der Waals surface area contributed by atoms with Crippen LogP contribution in [0.1, 0.15) is 45.3 Å². The first kappa shape index (κ1) is 32.3. The number of thiazole rings is 2. The molecule has 0 spiro atoms. The lowest BCUT2D eigenvalue weighted by molar-refractivity contribution is -0.138. The topological polar surface area (TPSA) is 175 Å². The van der Waals surface area contributed by atoms with E-state index in [1.165, 1.54) is 32.2 Å². The predicted octanol–water partition coefficient (Wildman–Crippen LogP) is 4.50. The summed E-state index contributed by atoms with van der Waals surface area (Å²) in [6, 6.07) is 4.83. The molecule has 0 radical (unpaired) electrons. The molecule has 0 aliphatic carbocycles. The molecule has 2 N–H and O–H groups in total. The molecule has 0 saturated heterocycles.